The number of imidazole rings is 1. The van der Waals surface area contributed by atoms with Gasteiger partial charge in [0, 0.05) is 32.9 Å². The molecule has 1 aliphatic heterocycles. The predicted octanol–water partition coefficient (Wildman–Crippen LogP) is 1.10. The van der Waals surface area contributed by atoms with Crippen molar-refractivity contribution in [1.29, 1.82) is 0 Å². The second-order valence-electron chi connectivity index (χ2n) is 5.64. The summed E-state index contributed by atoms with van der Waals surface area (Å²) in [6, 6.07) is 3.63. The predicted molar refractivity (Wildman–Crippen MR) is 83.9 cm³/mol. The fraction of sp³-hybridized carbons (Fsp3) is 0.533. The number of carbonyl (C=O) groups excluding carboxylic acids is 1. The molecule has 0 spiro atoms. The molecule has 0 saturated carbocycles. The van der Waals surface area contributed by atoms with Crippen LogP contribution in [0.4, 0.5) is 4.79 Å². The van der Waals surface area contributed by atoms with E-state index in [-0.39, 0.29) is 17.8 Å². The number of hydrogen-bond donors (Lipinski definition) is 1. The fourth-order valence-electron chi connectivity index (χ4n) is 3.13. The van der Waals surface area contributed by atoms with Crippen LogP contribution >= 0.6 is 0 Å². The van der Waals surface area contributed by atoms with Gasteiger partial charge in [-0.1, -0.05) is 0 Å². The van der Waals surface area contributed by atoms with Crippen LogP contribution in [0.2, 0.25) is 0 Å². The third kappa shape index (κ3) is 2.36. The smallest absolute Gasteiger partial charge is 0.330 e. The molecule has 2 amide bonds. The fourth-order valence-corrected chi connectivity index (χ4v) is 3.13. The molecule has 118 valence electrons. The van der Waals surface area contributed by atoms with E-state index >= 15 is 0 Å². The maximum atomic E-state index is 12.6. The molecule has 1 saturated heterocycles. The minimum Gasteiger partial charge on any atom is -0.338 e. The zero-order valence-corrected chi connectivity index (χ0v) is 13.0. The summed E-state index contributed by atoms with van der Waals surface area (Å²) in [4.78, 5) is 30.7. The van der Waals surface area contributed by atoms with Gasteiger partial charge < -0.3 is 10.2 Å². The summed E-state index contributed by atoms with van der Waals surface area (Å²) >= 11 is 0. The molecule has 0 radical (unpaired) electrons. The van der Waals surface area contributed by atoms with Crippen LogP contribution in [0.25, 0.3) is 11.2 Å². The Hall–Kier alpha value is -2.31. The van der Waals surface area contributed by atoms with Crippen LogP contribution < -0.4 is 11.0 Å². The Balaban J connectivity index is 1.96. The number of hydrogen-bond acceptors (Lipinski definition) is 3. The molecular formula is C15H21N5O2. The lowest BCUT2D eigenvalue weighted by atomic mass is 10.1. The zero-order chi connectivity index (χ0) is 15.7. The van der Waals surface area contributed by atoms with Crippen molar-refractivity contribution in [2.45, 2.75) is 25.8 Å². The molecule has 2 aromatic rings. The summed E-state index contributed by atoms with van der Waals surface area (Å²) in [6.07, 6.45) is 3.46. The first kappa shape index (κ1) is 14.6. The van der Waals surface area contributed by atoms with E-state index < -0.39 is 0 Å². The number of piperidine rings is 1. The molecular weight excluding hydrogens is 282 g/mol. The van der Waals surface area contributed by atoms with Gasteiger partial charge in [-0.3, -0.25) is 9.13 Å². The first-order valence-electron chi connectivity index (χ1n) is 7.68. The number of rotatable bonds is 2. The lowest BCUT2D eigenvalue weighted by Gasteiger charge is -2.33. The molecule has 7 nitrogen and oxygen atoms in total. The zero-order valence-electron chi connectivity index (χ0n) is 13.0. The molecule has 0 aromatic carbocycles. The number of nitrogens with one attached hydrogen (secondary N) is 1. The minimum absolute atomic E-state index is 0.0255. The first-order chi connectivity index (χ1) is 10.6. The standard InChI is InChI=1S/C15H21N5O2/c1-3-16-14(21)19-9-5-6-11(10-19)20-13-12(7-4-8-17-13)18(2)15(20)22/h4,7-8,11H,3,5-6,9-10H2,1-2H3,(H,16,21)/t11-/m0/s1. The molecule has 0 unspecified atom stereocenters. The van der Waals surface area contributed by atoms with Gasteiger partial charge in [0.05, 0.1) is 11.6 Å². The molecule has 0 aliphatic carbocycles. The van der Waals surface area contributed by atoms with Crippen molar-refractivity contribution >= 4 is 17.2 Å². The minimum atomic E-state index is -0.0727. The summed E-state index contributed by atoms with van der Waals surface area (Å²) in [5, 5.41) is 2.82. The Bertz CT molecular complexity index is 748. The van der Waals surface area contributed by atoms with Crippen molar-refractivity contribution in [1.82, 2.24) is 24.3 Å². The van der Waals surface area contributed by atoms with E-state index in [2.05, 4.69) is 10.3 Å². The normalized spacial score (nSPS) is 18.6. The highest BCUT2D eigenvalue weighted by molar-refractivity contribution is 5.74. The lowest BCUT2D eigenvalue weighted by molar-refractivity contribution is 0.167. The second kappa shape index (κ2) is 5.82. The first-order valence-corrected chi connectivity index (χ1v) is 7.68. The number of amides is 2. The second-order valence-corrected chi connectivity index (χ2v) is 5.64. The Kier molecular flexibility index (Phi) is 3.87. The van der Waals surface area contributed by atoms with Crippen LogP contribution in [0.3, 0.4) is 0 Å². The third-order valence-corrected chi connectivity index (χ3v) is 4.23. The molecule has 3 heterocycles. The molecule has 0 bridgehead atoms. The van der Waals surface area contributed by atoms with Gasteiger partial charge in [0.15, 0.2) is 5.65 Å². The van der Waals surface area contributed by atoms with E-state index in [1.165, 1.54) is 0 Å². The van der Waals surface area contributed by atoms with Crippen LogP contribution in [0.15, 0.2) is 23.1 Å². The van der Waals surface area contributed by atoms with Crippen LogP contribution in [0, 0.1) is 0 Å². The molecule has 1 atom stereocenters. The number of urea groups is 1. The molecule has 22 heavy (non-hydrogen) atoms. The largest absolute Gasteiger partial charge is 0.338 e. The van der Waals surface area contributed by atoms with Crippen molar-refractivity contribution in [2.75, 3.05) is 19.6 Å². The summed E-state index contributed by atoms with van der Waals surface area (Å²) in [6.45, 7) is 3.78. The average molecular weight is 303 g/mol. The highest BCUT2D eigenvalue weighted by atomic mass is 16.2. The average Bonchev–Trinajstić information content (AvgIpc) is 2.80. The van der Waals surface area contributed by atoms with Crippen molar-refractivity contribution in [2.24, 2.45) is 7.05 Å². The van der Waals surface area contributed by atoms with Crippen molar-refractivity contribution < 1.29 is 4.79 Å². The summed E-state index contributed by atoms with van der Waals surface area (Å²) in [5.41, 5.74) is 1.44. The Morgan fingerprint density at radius 3 is 3.09 bits per heavy atom. The summed E-state index contributed by atoms with van der Waals surface area (Å²) in [5.74, 6) is 0. The van der Waals surface area contributed by atoms with Gasteiger partial charge in [0.1, 0.15) is 0 Å². The van der Waals surface area contributed by atoms with E-state index in [4.69, 9.17) is 0 Å². The monoisotopic (exact) mass is 303 g/mol. The lowest BCUT2D eigenvalue weighted by Crippen LogP contribution is -2.47. The van der Waals surface area contributed by atoms with Gasteiger partial charge in [0.2, 0.25) is 0 Å². The topological polar surface area (TPSA) is 72.2 Å². The Labute approximate surface area is 128 Å². The third-order valence-electron chi connectivity index (χ3n) is 4.23. The van der Waals surface area contributed by atoms with Crippen molar-refractivity contribution in [3.8, 4) is 0 Å². The van der Waals surface area contributed by atoms with Crippen molar-refractivity contribution in [3.05, 3.63) is 28.8 Å². The molecule has 1 N–H and O–H groups in total. The maximum absolute atomic E-state index is 12.6. The number of nitrogens with zero attached hydrogens (tertiary/aromatic N) is 4. The number of fused-ring (bicyclic) bond motifs is 1. The van der Waals surface area contributed by atoms with E-state index in [0.717, 1.165) is 24.9 Å². The Morgan fingerprint density at radius 1 is 1.50 bits per heavy atom. The van der Waals surface area contributed by atoms with Gasteiger partial charge in [-0.2, -0.15) is 0 Å². The summed E-state index contributed by atoms with van der Waals surface area (Å²) < 4.78 is 3.36. The Morgan fingerprint density at radius 2 is 2.32 bits per heavy atom. The van der Waals surface area contributed by atoms with E-state index in [0.29, 0.717) is 18.7 Å². The highest BCUT2D eigenvalue weighted by Crippen LogP contribution is 2.23. The number of likely N-dealkylation sites (tertiary alicyclic amines) is 1. The summed E-state index contributed by atoms with van der Waals surface area (Å²) in [7, 11) is 1.76. The van der Waals surface area contributed by atoms with Gasteiger partial charge in [0.25, 0.3) is 0 Å². The van der Waals surface area contributed by atoms with Gasteiger partial charge in [-0.15, -0.1) is 0 Å². The van der Waals surface area contributed by atoms with Gasteiger partial charge in [-0.25, -0.2) is 14.6 Å². The molecule has 3 rings (SSSR count). The number of aromatic nitrogens is 3. The highest BCUT2D eigenvalue weighted by Gasteiger charge is 2.27. The quantitative estimate of drug-likeness (QED) is 0.903. The SMILES string of the molecule is CCNC(=O)N1CCC[C@H](n2c(=O)n(C)c3cccnc32)C1. The number of carbonyl (C=O) groups is 1. The van der Waals surface area contributed by atoms with Gasteiger partial charge in [-0.05, 0) is 31.9 Å². The molecule has 1 fully saturated rings. The van der Waals surface area contributed by atoms with Crippen LogP contribution in [-0.2, 0) is 7.05 Å². The molecule has 1 aliphatic rings. The van der Waals surface area contributed by atoms with Crippen LogP contribution in [0.1, 0.15) is 25.8 Å². The number of aryl methyl sites for hydroxylation is 1. The number of pyridine rings is 1. The molecule has 7 heteroatoms. The van der Waals surface area contributed by atoms with E-state index in [9.17, 15) is 9.59 Å². The van der Waals surface area contributed by atoms with Crippen LogP contribution in [-0.4, -0.2) is 44.7 Å². The van der Waals surface area contributed by atoms with Gasteiger partial charge >= 0.3 is 11.7 Å². The molecule has 2 aromatic heterocycles. The van der Waals surface area contributed by atoms with Crippen LogP contribution in [0.5, 0.6) is 0 Å². The maximum Gasteiger partial charge on any atom is 0.330 e. The van der Waals surface area contributed by atoms with E-state index in [1.54, 1.807) is 27.3 Å². The van der Waals surface area contributed by atoms with Crippen molar-refractivity contribution in [3.63, 3.8) is 0 Å². The van der Waals surface area contributed by atoms with E-state index in [1.807, 2.05) is 19.1 Å².